The quantitative estimate of drug-likeness (QED) is 0.485. The molecule has 1 heterocycles. The lowest BCUT2D eigenvalue weighted by Gasteiger charge is -2.39. The minimum Gasteiger partial charge on any atom is -0.495 e. The fourth-order valence-electron chi connectivity index (χ4n) is 4.83. The molecular formula is C27H27Cl2NO4. The number of carbonyl (C=O) groups is 2. The number of allylic oxidation sites excluding steroid dienone is 3. The van der Waals surface area contributed by atoms with Gasteiger partial charge in [-0.2, -0.15) is 0 Å². The molecule has 34 heavy (non-hydrogen) atoms. The van der Waals surface area contributed by atoms with E-state index in [0.717, 1.165) is 11.3 Å². The van der Waals surface area contributed by atoms with E-state index in [1.54, 1.807) is 12.1 Å². The van der Waals surface area contributed by atoms with Gasteiger partial charge in [0.2, 0.25) is 0 Å². The predicted molar refractivity (Wildman–Crippen MR) is 133 cm³/mol. The Balaban J connectivity index is 1.84. The van der Waals surface area contributed by atoms with E-state index in [2.05, 4.69) is 19.2 Å². The molecule has 4 rings (SSSR count). The van der Waals surface area contributed by atoms with Crippen LogP contribution >= 0.6 is 23.2 Å². The van der Waals surface area contributed by atoms with Crippen LogP contribution in [0.15, 0.2) is 65.0 Å². The minimum absolute atomic E-state index is 0.0252. The van der Waals surface area contributed by atoms with Crippen LogP contribution in [0.5, 0.6) is 5.75 Å². The van der Waals surface area contributed by atoms with Crippen molar-refractivity contribution in [1.82, 2.24) is 5.32 Å². The molecular weight excluding hydrogens is 473 g/mol. The van der Waals surface area contributed by atoms with E-state index in [0.29, 0.717) is 51.0 Å². The molecule has 5 nitrogen and oxygen atoms in total. The number of benzene rings is 2. The normalized spacial score (nSPS) is 19.5. The van der Waals surface area contributed by atoms with Gasteiger partial charge in [-0.05, 0) is 36.5 Å². The molecule has 1 aliphatic heterocycles. The lowest BCUT2D eigenvalue weighted by Crippen LogP contribution is -2.38. The number of ether oxygens (including phenoxy) is 2. The number of dihydropyridines is 1. The molecule has 0 amide bonds. The van der Waals surface area contributed by atoms with Gasteiger partial charge in [0.15, 0.2) is 5.78 Å². The predicted octanol–water partition coefficient (Wildman–Crippen LogP) is 6.35. The van der Waals surface area contributed by atoms with E-state index >= 15 is 0 Å². The monoisotopic (exact) mass is 499 g/mol. The summed E-state index contributed by atoms with van der Waals surface area (Å²) in [6.45, 7) is 6.06. The van der Waals surface area contributed by atoms with Gasteiger partial charge in [-0.1, -0.05) is 67.4 Å². The molecule has 1 atom stereocenters. The number of esters is 1. The Morgan fingerprint density at radius 2 is 1.85 bits per heavy atom. The van der Waals surface area contributed by atoms with Gasteiger partial charge in [0.1, 0.15) is 12.4 Å². The largest absolute Gasteiger partial charge is 0.495 e. The van der Waals surface area contributed by atoms with Crippen molar-refractivity contribution in [3.05, 3.63) is 86.2 Å². The Morgan fingerprint density at radius 1 is 1.15 bits per heavy atom. The Labute approximate surface area is 209 Å². The van der Waals surface area contributed by atoms with Gasteiger partial charge < -0.3 is 14.8 Å². The highest BCUT2D eigenvalue weighted by Crippen LogP contribution is 2.50. The summed E-state index contributed by atoms with van der Waals surface area (Å²) in [6, 6.07) is 12.7. The molecule has 2 aliphatic rings. The number of methoxy groups -OCH3 is 1. The van der Waals surface area contributed by atoms with Crippen LogP contribution in [0.2, 0.25) is 10.0 Å². The number of nitrogens with one attached hydrogen (secondary N) is 1. The maximum absolute atomic E-state index is 13.5. The first-order valence-corrected chi connectivity index (χ1v) is 11.8. The zero-order valence-electron chi connectivity index (χ0n) is 19.6. The third-order valence-electron chi connectivity index (χ3n) is 6.22. The van der Waals surface area contributed by atoms with E-state index in [4.69, 9.17) is 32.7 Å². The Hall–Kier alpha value is -2.76. The molecule has 0 fully saturated rings. The number of rotatable bonds is 5. The Morgan fingerprint density at radius 3 is 2.53 bits per heavy atom. The maximum atomic E-state index is 13.5. The molecule has 2 aromatic carbocycles. The van der Waals surface area contributed by atoms with Crippen molar-refractivity contribution in [2.45, 2.75) is 46.1 Å². The van der Waals surface area contributed by atoms with Gasteiger partial charge in [-0.15, -0.1) is 0 Å². The maximum Gasteiger partial charge on any atom is 0.337 e. The van der Waals surface area contributed by atoms with E-state index in [-0.39, 0.29) is 17.8 Å². The van der Waals surface area contributed by atoms with Crippen LogP contribution < -0.4 is 10.1 Å². The van der Waals surface area contributed by atoms with E-state index in [1.807, 2.05) is 37.3 Å². The van der Waals surface area contributed by atoms with Gasteiger partial charge in [0, 0.05) is 34.0 Å². The minimum atomic E-state index is -0.714. The zero-order chi connectivity index (χ0) is 24.6. The molecule has 0 saturated heterocycles. The van der Waals surface area contributed by atoms with Crippen molar-refractivity contribution < 1.29 is 19.1 Å². The first kappa shape index (κ1) is 24.4. The summed E-state index contributed by atoms with van der Waals surface area (Å²) >= 11 is 12.8. The molecule has 0 saturated carbocycles. The summed E-state index contributed by atoms with van der Waals surface area (Å²) in [6.07, 6.45) is 1.04. The average Bonchev–Trinajstić information content (AvgIpc) is 2.76. The zero-order valence-corrected chi connectivity index (χ0v) is 21.1. The number of hydrogen-bond acceptors (Lipinski definition) is 5. The van der Waals surface area contributed by atoms with Gasteiger partial charge in [0.05, 0.1) is 23.6 Å². The molecule has 0 bridgehead atoms. The van der Waals surface area contributed by atoms with E-state index < -0.39 is 11.9 Å². The first-order valence-electron chi connectivity index (χ1n) is 11.1. The van der Waals surface area contributed by atoms with Crippen molar-refractivity contribution in [3.63, 3.8) is 0 Å². The smallest absolute Gasteiger partial charge is 0.337 e. The topological polar surface area (TPSA) is 64.6 Å². The second-order valence-electron chi connectivity index (χ2n) is 9.50. The third kappa shape index (κ3) is 4.73. The molecule has 1 aliphatic carbocycles. The average molecular weight is 500 g/mol. The number of ketones is 1. The molecule has 0 spiro atoms. The van der Waals surface area contributed by atoms with Crippen molar-refractivity contribution in [2.75, 3.05) is 7.11 Å². The van der Waals surface area contributed by atoms with Crippen molar-refractivity contribution in [1.29, 1.82) is 0 Å². The highest BCUT2D eigenvalue weighted by atomic mass is 35.5. The number of Topliss-reactive ketones (excluding diaryl/α,β-unsaturated/α-hetero) is 1. The van der Waals surface area contributed by atoms with Crippen LogP contribution in [0.3, 0.4) is 0 Å². The van der Waals surface area contributed by atoms with Crippen LogP contribution in [0.4, 0.5) is 0 Å². The number of halogens is 2. The molecule has 0 aromatic heterocycles. The fourth-order valence-corrected chi connectivity index (χ4v) is 5.41. The van der Waals surface area contributed by atoms with Crippen molar-refractivity contribution in [3.8, 4) is 5.75 Å². The van der Waals surface area contributed by atoms with Crippen LogP contribution in [0, 0.1) is 5.41 Å². The molecule has 0 radical (unpaired) electrons. The summed E-state index contributed by atoms with van der Waals surface area (Å²) in [5.41, 5.74) is 3.55. The van der Waals surface area contributed by atoms with E-state index in [9.17, 15) is 9.59 Å². The number of carbonyl (C=O) groups excluding carboxylic acids is 2. The van der Waals surface area contributed by atoms with Crippen LogP contribution in [-0.4, -0.2) is 18.9 Å². The fraction of sp³-hybridized carbons (Fsp3) is 0.333. The first-order chi connectivity index (χ1) is 16.1. The van der Waals surface area contributed by atoms with E-state index in [1.165, 1.54) is 7.11 Å². The van der Waals surface area contributed by atoms with Gasteiger partial charge in [-0.25, -0.2) is 4.79 Å². The van der Waals surface area contributed by atoms with Gasteiger partial charge in [0.25, 0.3) is 0 Å². The van der Waals surface area contributed by atoms with Crippen molar-refractivity contribution in [2.24, 2.45) is 5.41 Å². The highest BCUT2D eigenvalue weighted by molar-refractivity contribution is 6.35. The lowest BCUT2D eigenvalue weighted by atomic mass is 9.68. The molecule has 1 N–H and O–H groups in total. The molecule has 7 heteroatoms. The summed E-state index contributed by atoms with van der Waals surface area (Å²) in [5, 5.41) is 4.03. The highest BCUT2D eigenvalue weighted by Gasteiger charge is 2.44. The lowest BCUT2D eigenvalue weighted by molar-refractivity contribution is -0.140. The summed E-state index contributed by atoms with van der Waals surface area (Å²) in [5.74, 6) is -0.873. The molecule has 178 valence electrons. The molecule has 2 aromatic rings. The third-order valence-corrected chi connectivity index (χ3v) is 6.72. The summed E-state index contributed by atoms with van der Waals surface area (Å²) in [4.78, 5) is 27.0. The van der Waals surface area contributed by atoms with Gasteiger partial charge >= 0.3 is 5.97 Å². The second kappa shape index (κ2) is 9.47. The second-order valence-corrected chi connectivity index (χ2v) is 10.3. The van der Waals surface area contributed by atoms with Crippen LogP contribution in [0.25, 0.3) is 0 Å². The summed E-state index contributed by atoms with van der Waals surface area (Å²) in [7, 11) is 1.50. The summed E-state index contributed by atoms with van der Waals surface area (Å²) < 4.78 is 11.3. The SMILES string of the molecule is COc1c(Cl)cc(Cl)cc1C1C(C(=O)OCc2ccccc2)=C(C)NC2=C1C(=O)CC(C)(C)C2. The molecule has 1 unspecified atom stereocenters. The van der Waals surface area contributed by atoms with Crippen molar-refractivity contribution >= 4 is 35.0 Å². The Kier molecular flexibility index (Phi) is 6.79. The van der Waals surface area contributed by atoms with Crippen LogP contribution in [0.1, 0.15) is 50.7 Å². The number of hydrogen-bond donors (Lipinski definition) is 1. The van der Waals surface area contributed by atoms with Crippen LogP contribution in [-0.2, 0) is 20.9 Å². The van der Waals surface area contributed by atoms with Gasteiger partial charge in [-0.3, -0.25) is 4.79 Å². The standard InChI is InChI=1S/C27H27Cl2NO4/c1-15-22(26(32)34-14-16-8-6-5-7-9-16)23(18-10-17(28)11-19(29)25(18)33-4)24-20(30-15)12-27(2,3)13-21(24)31/h5-11,23,30H,12-14H2,1-4H3. The Bertz CT molecular complexity index is 1210.